The van der Waals surface area contributed by atoms with Crippen LogP contribution in [0.4, 0.5) is 4.79 Å². The zero-order chi connectivity index (χ0) is 22.1. The molecule has 1 fully saturated rings. The molecule has 2 aliphatic rings. The Morgan fingerprint density at radius 2 is 1.63 bits per heavy atom. The van der Waals surface area contributed by atoms with Crippen molar-refractivity contribution in [1.29, 1.82) is 0 Å². The van der Waals surface area contributed by atoms with E-state index >= 15 is 0 Å². The average Bonchev–Trinajstić information content (AvgIpc) is 2.90. The number of nitrogens with zero attached hydrogens (tertiary/aromatic N) is 2. The Labute approximate surface area is 176 Å². The molecule has 30 heavy (non-hydrogen) atoms. The molecule has 0 bridgehead atoms. The lowest BCUT2D eigenvalue weighted by molar-refractivity contribution is 0.0489. The van der Waals surface area contributed by atoms with Crippen molar-refractivity contribution >= 4 is 27.9 Å². The summed E-state index contributed by atoms with van der Waals surface area (Å²) in [6.07, 6.45) is 0.409. The van der Waals surface area contributed by atoms with E-state index in [9.17, 15) is 22.8 Å². The number of alkyl carbamates (subject to hydrolysis) is 1. The van der Waals surface area contributed by atoms with Crippen LogP contribution in [0.15, 0.2) is 24.3 Å². The van der Waals surface area contributed by atoms with Crippen molar-refractivity contribution in [2.75, 3.05) is 25.4 Å². The topological polar surface area (TPSA) is 113 Å². The first-order chi connectivity index (χ1) is 14.0. The van der Waals surface area contributed by atoms with E-state index < -0.39 is 33.5 Å². The molecule has 9 nitrogen and oxygen atoms in total. The zero-order valence-electron chi connectivity index (χ0n) is 17.4. The Hall–Kier alpha value is -2.46. The van der Waals surface area contributed by atoms with Gasteiger partial charge in [0, 0.05) is 25.7 Å². The van der Waals surface area contributed by atoms with E-state index in [1.807, 2.05) is 0 Å². The van der Waals surface area contributed by atoms with Gasteiger partial charge in [-0.1, -0.05) is 12.1 Å². The molecule has 164 valence electrons. The molecular formula is C20H27N3O6S. The number of sulfonamides is 1. The van der Waals surface area contributed by atoms with Gasteiger partial charge < -0.3 is 10.1 Å². The van der Waals surface area contributed by atoms with E-state index in [0.29, 0.717) is 24.0 Å². The van der Waals surface area contributed by atoms with Gasteiger partial charge >= 0.3 is 6.09 Å². The van der Waals surface area contributed by atoms with Crippen LogP contribution in [0.1, 0.15) is 54.3 Å². The normalized spacial score (nSPS) is 18.4. The second kappa shape index (κ2) is 8.35. The third kappa shape index (κ3) is 4.99. The van der Waals surface area contributed by atoms with Gasteiger partial charge in [0.1, 0.15) is 5.60 Å². The molecule has 1 N–H and O–H groups in total. The largest absolute Gasteiger partial charge is 0.444 e. The standard InChI is InChI=1S/C20H27N3O6S/c1-20(2,3)29-19(26)21-14-8-10-22(11-9-14)30(27,28)13-12-23-17(24)15-6-4-5-7-16(15)18(23)25/h4-7,14H,8-13H2,1-3H3,(H,21,26). The van der Waals surface area contributed by atoms with Gasteiger partial charge in [-0.2, -0.15) is 0 Å². The van der Waals surface area contributed by atoms with E-state index in [4.69, 9.17) is 4.74 Å². The van der Waals surface area contributed by atoms with E-state index in [0.717, 1.165) is 4.90 Å². The lowest BCUT2D eigenvalue weighted by Gasteiger charge is -2.32. The minimum absolute atomic E-state index is 0.164. The number of fused-ring (bicyclic) bond motifs is 1. The van der Waals surface area contributed by atoms with Gasteiger partial charge in [0.15, 0.2) is 0 Å². The highest BCUT2D eigenvalue weighted by molar-refractivity contribution is 7.89. The van der Waals surface area contributed by atoms with Crippen LogP contribution < -0.4 is 5.32 Å². The van der Waals surface area contributed by atoms with Crippen LogP contribution in [0.5, 0.6) is 0 Å². The number of benzene rings is 1. The summed E-state index contributed by atoms with van der Waals surface area (Å²) >= 11 is 0. The van der Waals surface area contributed by atoms with E-state index in [1.165, 1.54) is 4.31 Å². The Morgan fingerprint density at radius 1 is 1.10 bits per heavy atom. The maximum atomic E-state index is 12.7. The predicted molar refractivity (Wildman–Crippen MR) is 110 cm³/mol. The third-order valence-electron chi connectivity index (χ3n) is 5.02. The summed E-state index contributed by atoms with van der Waals surface area (Å²) < 4.78 is 32.0. The minimum atomic E-state index is -3.64. The van der Waals surface area contributed by atoms with Crippen LogP contribution >= 0.6 is 0 Å². The summed E-state index contributed by atoms with van der Waals surface area (Å²) in [6, 6.07) is 6.29. The third-order valence-corrected chi connectivity index (χ3v) is 6.87. The fraction of sp³-hybridized carbons (Fsp3) is 0.550. The zero-order valence-corrected chi connectivity index (χ0v) is 18.2. The van der Waals surface area contributed by atoms with Crippen molar-refractivity contribution < 1.29 is 27.5 Å². The maximum absolute atomic E-state index is 12.7. The number of imide groups is 1. The monoisotopic (exact) mass is 437 g/mol. The molecule has 0 atom stereocenters. The number of carbonyl (C=O) groups excluding carboxylic acids is 3. The Kier molecular flexibility index (Phi) is 6.19. The number of hydrogen-bond acceptors (Lipinski definition) is 6. The molecule has 1 aromatic rings. The summed E-state index contributed by atoms with van der Waals surface area (Å²) in [4.78, 5) is 37.6. The van der Waals surface area contributed by atoms with Gasteiger partial charge in [0.25, 0.3) is 11.8 Å². The van der Waals surface area contributed by atoms with Gasteiger partial charge in [0.05, 0.1) is 16.9 Å². The molecule has 10 heteroatoms. The molecule has 0 radical (unpaired) electrons. The van der Waals surface area contributed by atoms with Crippen LogP contribution in [0.2, 0.25) is 0 Å². The number of hydrogen-bond donors (Lipinski definition) is 1. The van der Waals surface area contributed by atoms with Gasteiger partial charge in [-0.15, -0.1) is 0 Å². The molecular weight excluding hydrogens is 410 g/mol. The fourth-order valence-corrected chi connectivity index (χ4v) is 4.97. The summed E-state index contributed by atoms with van der Waals surface area (Å²) in [6.45, 7) is 5.64. The van der Waals surface area contributed by atoms with Crippen LogP contribution in [0.25, 0.3) is 0 Å². The summed E-state index contributed by atoms with van der Waals surface area (Å²) in [5, 5.41) is 2.77. The first kappa shape index (κ1) is 22.2. The Bertz CT molecular complexity index is 911. The highest BCUT2D eigenvalue weighted by Gasteiger charge is 2.37. The lowest BCUT2D eigenvalue weighted by atomic mass is 10.1. The smallest absolute Gasteiger partial charge is 0.407 e. The highest BCUT2D eigenvalue weighted by atomic mass is 32.2. The second-order valence-electron chi connectivity index (χ2n) is 8.44. The Balaban J connectivity index is 1.51. The fourth-order valence-electron chi connectivity index (χ4n) is 3.53. The number of amides is 3. The summed E-state index contributed by atoms with van der Waals surface area (Å²) in [5.41, 5.74) is 0.000887. The van der Waals surface area contributed by atoms with Crippen molar-refractivity contribution in [2.45, 2.75) is 45.3 Å². The van der Waals surface area contributed by atoms with Crippen molar-refractivity contribution in [3.8, 4) is 0 Å². The SMILES string of the molecule is CC(C)(C)OC(=O)NC1CCN(S(=O)(=O)CCN2C(=O)c3ccccc3C2=O)CC1. The van der Waals surface area contributed by atoms with E-state index in [-0.39, 0.29) is 31.4 Å². The molecule has 2 aliphatic heterocycles. The van der Waals surface area contributed by atoms with Crippen molar-refractivity contribution in [1.82, 2.24) is 14.5 Å². The molecule has 3 rings (SSSR count). The first-order valence-electron chi connectivity index (χ1n) is 9.90. The highest BCUT2D eigenvalue weighted by Crippen LogP contribution is 2.23. The van der Waals surface area contributed by atoms with Crippen molar-refractivity contribution in [2.24, 2.45) is 0 Å². The van der Waals surface area contributed by atoms with Gasteiger partial charge in [-0.05, 0) is 45.7 Å². The molecule has 0 aliphatic carbocycles. The molecule has 0 saturated carbocycles. The molecule has 0 aromatic heterocycles. The van der Waals surface area contributed by atoms with E-state index in [2.05, 4.69) is 5.32 Å². The quantitative estimate of drug-likeness (QED) is 0.700. The maximum Gasteiger partial charge on any atom is 0.407 e. The molecule has 1 saturated heterocycles. The molecule has 0 spiro atoms. The van der Waals surface area contributed by atoms with Gasteiger partial charge in [-0.3, -0.25) is 14.5 Å². The van der Waals surface area contributed by atoms with Crippen LogP contribution in [-0.2, 0) is 14.8 Å². The van der Waals surface area contributed by atoms with Gasteiger partial charge in [-0.25, -0.2) is 17.5 Å². The number of rotatable bonds is 5. The van der Waals surface area contributed by atoms with E-state index in [1.54, 1.807) is 45.0 Å². The number of carbonyl (C=O) groups is 3. The van der Waals surface area contributed by atoms with Crippen molar-refractivity contribution in [3.05, 3.63) is 35.4 Å². The number of nitrogens with one attached hydrogen (secondary N) is 1. The number of piperidine rings is 1. The molecule has 3 amide bonds. The van der Waals surface area contributed by atoms with Gasteiger partial charge in [0.2, 0.25) is 10.0 Å². The summed E-state index contributed by atoms with van der Waals surface area (Å²) in [7, 11) is -3.64. The second-order valence-corrected chi connectivity index (χ2v) is 10.5. The van der Waals surface area contributed by atoms with Crippen LogP contribution in [0, 0.1) is 0 Å². The summed E-state index contributed by atoms with van der Waals surface area (Å²) in [5.74, 6) is -1.26. The lowest BCUT2D eigenvalue weighted by Crippen LogP contribution is -2.48. The van der Waals surface area contributed by atoms with Crippen molar-refractivity contribution in [3.63, 3.8) is 0 Å². The molecule has 2 heterocycles. The molecule has 0 unspecified atom stereocenters. The Morgan fingerprint density at radius 3 is 2.13 bits per heavy atom. The number of ether oxygens (including phenoxy) is 1. The predicted octanol–water partition coefficient (Wildman–Crippen LogP) is 1.60. The molecule has 1 aromatic carbocycles. The van der Waals surface area contributed by atoms with Crippen LogP contribution in [-0.4, -0.2) is 72.6 Å². The average molecular weight is 438 g/mol. The first-order valence-corrected chi connectivity index (χ1v) is 11.5. The minimum Gasteiger partial charge on any atom is -0.444 e. The van der Waals surface area contributed by atoms with Crippen LogP contribution in [0.3, 0.4) is 0 Å².